The number of carbonyl (C=O) groups excluding carboxylic acids is 1. The molecular formula is C21H20N4O. The van der Waals surface area contributed by atoms with Gasteiger partial charge in [-0.05, 0) is 50.6 Å². The third-order valence-electron chi connectivity index (χ3n) is 4.71. The van der Waals surface area contributed by atoms with Crippen molar-refractivity contribution < 1.29 is 4.79 Å². The smallest absolute Gasteiger partial charge is 0.271 e. The maximum atomic E-state index is 12.9. The minimum atomic E-state index is -0.152. The number of hydrogen-bond acceptors (Lipinski definition) is 2. The number of amides is 1. The Morgan fingerprint density at radius 2 is 1.73 bits per heavy atom. The fraction of sp³-hybridized carbons (Fsp3) is 0.143. The van der Waals surface area contributed by atoms with Gasteiger partial charge >= 0.3 is 0 Å². The molecule has 0 bridgehead atoms. The number of benzene rings is 2. The Morgan fingerprint density at radius 3 is 2.54 bits per heavy atom. The summed E-state index contributed by atoms with van der Waals surface area (Å²) in [5.41, 5.74) is 9.50. The Morgan fingerprint density at radius 1 is 1.00 bits per heavy atom. The molecule has 2 aromatic carbocycles. The molecule has 130 valence electrons. The second kappa shape index (κ2) is 6.19. The van der Waals surface area contributed by atoms with Gasteiger partial charge < -0.3 is 4.57 Å². The number of para-hydroxylation sites is 3. The quantitative estimate of drug-likeness (QED) is 0.607. The van der Waals surface area contributed by atoms with Crippen molar-refractivity contribution in [1.29, 1.82) is 0 Å². The van der Waals surface area contributed by atoms with Gasteiger partial charge in [0.25, 0.3) is 5.91 Å². The third-order valence-corrected chi connectivity index (χ3v) is 4.71. The molecule has 1 amide bonds. The first kappa shape index (κ1) is 16.1. The highest BCUT2D eigenvalue weighted by atomic mass is 16.2. The standard InChI is InChI=1S/C21H20N4O/c1-14-8-4-6-10-19(14)25-15(2)12-17(16(25)3)21(26)23-24-13-22-18-9-5-7-11-20(18)24/h4-13H,1-3H3,(H,23,26). The molecule has 5 nitrogen and oxygen atoms in total. The molecule has 5 heteroatoms. The molecule has 0 radical (unpaired) electrons. The van der Waals surface area contributed by atoms with Crippen LogP contribution >= 0.6 is 0 Å². The summed E-state index contributed by atoms with van der Waals surface area (Å²) in [7, 11) is 0. The van der Waals surface area contributed by atoms with Crippen molar-refractivity contribution >= 4 is 16.9 Å². The van der Waals surface area contributed by atoms with Gasteiger partial charge in [0.2, 0.25) is 0 Å². The summed E-state index contributed by atoms with van der Waals surface area (Å²) in [5.74, 6) is -0.152. The number of hydrogen-bond donors (Lipinski definition) is 1. The Bertz CT molecular complexity index is 1120. The summed E-state index contributed by atoms with van der Waals surface area (Å²) in [6.07, 6.45) is 1.63. The van der Waals surface area contributed by atoms with Crippen LogP contribution in [0.15, 0.2) is 60.9 Å². The normalized spacial score (nSPS) is 11.0. The van der Waals surface area contributed by atoms with E-state index in [4.69, 9.17) is 0 Å². The van der Waals surface area contributed by atoms with Gasteiger partial charge in [0.05, 0.1) is 16.6 Å². The van der Waals surface area contributed by atoms with E-state index in [-0.39, 0.29) is 5.91 Å². The van der Waals surface area contributed by atoms with E-state index in [2.05, 4.69) is 34.0 Å². The Kier molecular flexibility index (Phi) is 3.84. The molecule has 0 fully saturated rings. The Balaban J connectivity index is 1.71. The van der Waals surface area contributed by atoms with Crippen LogP contribution in [0.1, 0.15) is 27.3 Å². The lowest BCUT2D eigenvalue weighted by atomic mass is 10.2. The molecule has 0 saturated carbocycles. The van der Waals surface area contributed by atoms with Crippen molar-refractivity contribution in [3.63, 3.8) is 0 Å². The van der Waals surface area contributed by atoms with E-state index in [0.29, 0.717) is 5.56 Å². The van der Waals surface area contributed by atoms with Crippen LogP contribution in [0.25, 0.3) is 16.7 Å². The highest BCUT2D eigenvalue weighted by molar-refractivity contribution is 6.02. The Hall–Kier alpha value is -3.34. The first-order valence-corrected chi connectivity index (χ1v) is 8.54. The van der Waals surface area contributed by atoms with Crippen molar-refractivity contribution in [2.45, 2.75) is 20.8 Å². The molecule has 0 aliphatic rings. The van der Waals surface area contributed by atoms with Crippen LogP contribution < -0.4 is 5.43 Å². The highest BCUT2D eigenvalue weighted by Gasteiger charge is 2.18. The van der Waals surface area contributed by atoms with Crippen molar-refractivity contribution in [3.8, 4) is 5.69 Å². The molecule has 4 aromatic rings. The van der Waals surface area contributed by atoms with Crippen LogP contribution in [0.3, 0.4) is 0 Å². The topological polar surface area (TPSA) is 51.9 Å². The summed E-state index contributed by atoms with van der Waals surface area (Å²) in [6, 6.07) is 17.8. The third kappa shape index (κ3) is 2.58. The lowest BCUT2D eigenvalue weighted by Crippen LogP contribution is -2.22. The molecule has 0 unspecified atom stereocenters. The van der Waals surface area contributed by atoms with Crippen LogP contribution in [-0.4, -0.2) is 20.1 Å². The van der Waals surface area contributed by atoms with Gasteiger partial charge in [-0.1, -0.05) is 30.3 Å². The fourth-order valence-electron chi connectivity index (χ4n) is 3.40. The van der Waals surface area contributed by atoms with E-state index in [0.717, 1.165) is 28.1 Å². The number of rotatable bonds is 3. The number of nitrogens with one attached hydrogen (secondary N) is 1. The zero-order valence-corrected chi connectivity index (χ0v) is 15.0. The van der Waals surface area contributed by atoms with E-state index in [9.17, 15) is 4.79 Å². The molecule has 0 saturated heterocycles. The summed E-state index contributed by atoms with van der Waals surface area (Å²) >= 11 is 0. The lowest BCUT2D eigenvalue weighted by molar-refractivity contribution is 0.101. The molecule has 4 rings (SSSR count). The highest BCUT2D eigenvalue weighted by Crippen LogP contribution is 2.23. The predicted molar refractivity (Wildman–Crippen MR) is 103 cm³/mol. The van der Waals surface area contributed by atoms with Crippen LogP contribution in [0, 0.1) is 20.8 Å². The fourth-order valence-corrected chi connectivity index (χ4v) is 3.40. The van der Waals surface area contributed by atoms with E-state index >= 15 is 0 Å². The Labute approximate surface area is 151 Å². The number of carbonyl (C=O) groups is 1. The first-order chi connectivity index (χ1) is 12.6. The predicted octanol–water partition coefficient (Wildman–Crippen LogP) is 4.14. The van der Waals surface area contributed by atoms with Crippen LogP contribution in [0.4, 0.5) is 0 Å². The van der Waals surface area contributed by atoms with Gasteiger partial charge in [0, 0.05) is 17.1 Å². The van der Waals surface area contributed by atoms with E-state index < -0.39 is 0 Å². The van der Waals surface area contributed by atoms with Gasteiger partial charge in [-0.25, -0.2) is 9.66 Å². The molecule has 26 heavy (non-hydrogen) atoms. The average Bonchev–Trinajstić information content (AvgIpc) is 3.17. The summed E-state index contributed by atoms with van der Waals surface area (Å²) in [6.45, 7) is 6.06. The zero-order chi connectivity index (χ0) is 18.3. The SMILES string of the molecule is Cc1ccccc1-n1c(C)cc(C(=O)Nn2cnc3ccccc32)c1C. The van der Waals surface area contributed by atoms with E-state index in [1.54, 1.807) is 11.0 Å². The molecule has 0 aliphatic heterocycles. The second-order valence-corrected chi connectivity index (χ2v) is 6.45. The first-order valence-electron chi connectivity index (χ1n) is 8.54. The van der Waals surface area contributed by atoms with Gasteiger partial charge in [-0.3, -0.25) is 10.2 Å². The number of fused-ring (bicyclic) bond motifs is 1. The van der Waals surface area contributed by atoms with Gasteiger partial charge in [0.15, 0.2) is 0 Å². The summed E-state index contributed by atoms with van der Waals surface area (Å²) < 4.78 is 3.79. The van der Waals surface area contributed by atoms with E-state index in [1.165, 1.54) is 5.56 Å². The van der Waals surface area contributed by atoms with Crippen LogP contribution in [0.5, 0.6) is 0 Å². The zero-order valence-electron chi connectivity index (χ0n) is 15.0. The maximum absolute atomic E-state index is 12.9. The molecule has 0 spiro atoms. The maximum Gasteiger partial charge on any atom is 0.271 e. The minimum Gasteiger partial charge on any atom is -0.317 e. The van der Waals surface area contributed by atoms with Crippen molar-refractivity contribution in [2.24, 2.45) is 0 Å². The van der Waals surface area contributed by atoms with Crippen LogP contribution in [-0.2, 0) is 0 Å². The number of aromatic nitrogens is 3. The number of aryl methyl sites for hydroxylation is 2. The van der Waals surface area contributed by atoms with E-state index in [1.807, 2.05) is 56.3 Å². The number of nitrogens with zero attached hydrogens (tertiary/aromatic N) is 3. The van der Waals surface area contributed by atoms with Gasteiger partial charge in [-0.15, -0.1) is 0 Å². The van der Waals surface area contributed by atoms with Crippen LogP contribution in [0.2, 0.25) is 0 Å². The second-order valence-electron chi connectivity index (χ2n) is 6.45. The summed E-state index contributed by atoms with van der Waals surface area (Å²) in [4.78, 5) is 17.2. The molecule has 0 aliphatic carbocycles. The van der Waals surface area contributed by atoms with Crippen molar-refractivity contribution in [3.05, 3.63) is 83.4 Å². The molecular weight excluding hydrogens is 324 g/mol. The minimum absolute atomic E-state index is 0.152. The van der Waals surface area contributed by atoms with Gasteiger partial charge in [0.1, 0.15) is 6.33 Å². The van der Waals surface area contributed by atoms with Crippen molar-refractivity contribution in [1.82, 2.24) is 14.2 Å². The molecule has 1 N–H and O–H groups in total. The van der Waals surface area contributed by atoms with Gasteiger partial charge in [-0.2, -0.15) is 0 Å². The summed E-state index contributed by atoms with van der Waals surface area (Å²) in [5, 5.41) is 0. The largest absolute Gasteiger partial charge is 0.317 e. The molecule has 2 aromatic heterocycles. The molecule has 2 heterocycles. The average molecular weight is 344 g/mol. The number of imidazole rings is 1. The lowest BCUT2D eigenvalue weighted by Gasteiger charge is -2.13. The monoisotopic (exact) mass is 344 g/mol. The molecule has 0 atom stereocenters. The van der Waals surface area contributed by atoms with Crippen molar-refractivity contribution in [2.75, 3.05) is 5.43 Å².